The third-order valence-corrected chi connectivity index (χ3v) is 5.52. The Hall–Kier alpha value is -2.40. The van der Waals surface area contributed by atoms with Gasteiger partial charge in [-0.05, 0) is 36.6 Å². The molecule has 5 nitrogen and oxygen atoms in total. The smallest absolute Gasteiger partial charge is 0.254 e. The SMILES string of the molecule is CN(Cc1ccccc1N1CCCC1)C(=O)c1cc(Cl)c2c(c1)OCCCO2. The number of amides is 1. The van der Waals surface area contributed by atoms with Gasteiger partial charge < -0.3 is 19.3 Å². The van der Waals surface area contributed by atoms with Crippen LogP contribution in [0, 0.1) is 0 Å². The summed E-state index contributed by atoms with van der Waals surface area (Å²) < 4.78 is 11.4. The van der Waals surface area contributed by atoms with Crippen LogP contribution in [0.1, 0.15) is 35.2 Å². The largest absolute Gasteiger partial charge is 0.489 e. The summed E-state index contributed by atoms with van der Waals surface area (Å²) >= 11 is 6.36. The fourth-order valence-electron chi connectivity index (χ4n) is 3.81. The molecule has 0 N–H and O–H groups in total. The van der Waals surface area contributed by atoms with Crippen molar-refractivity contribution in [2.24, 2.45) is 0 Å². The van der Waals surface area contributed by atoms with E-state index in [4.69, 9.17) is 21.1 Å². The van der Waals surface area contributed by atoms with E-state index in [0.29, 0.717) is 41.8 Å². The third kappa shape index (κ3) is 3.90. The summed E-state index contributed by atoms with van der Waals surface area (Å²) in [5.41, 5.74) is 2.88. The van der Waals surface area contributed by atoms with Crippen molar-refractivity contribution >= 4 is 23.2 Å². The van der Waals surface area contributed by atoms with Crippen LogP contribution in [0.2, 0.25) is 5.02 Å². The number of halogens is 1. The average Bonchev–Trinajstić information content (AvgIpc) is 3.12. The average molecular weight is 401 g/mol. The monoisotopic (exact) mass is 400 g/mol. The van der Waals surface area contributed by atoms with Crippen LogP contribution in [-0.4, -0.2) is 44.2 Å². The molecule has 148 valence electrons. The van der Waals surface area contributed by atoms with Gasteiger partial charge in [-0.15, -0.1) is 0 Å². The molecule has 2 aliphatic rings. The van der Waals surface area contributed by atoms with Crippen LogP contribution in [-0.2, 0) is 6.54 Å². The Morgan fingerprint density at radius 3 is 2.68 bits per heavy atom. The topological polar surface area (TPSA) is 42.0 Å². The Bertz CT molecular complexity index is 865. The Balaban J connectivity index is 1.55. The Labute approximate surface area is 170 Å². The maximum Gasteiger partial charge on any atom is 0.254 e. The van der Waals surface area contributed by atoms with E-state index >= 15 is 0 Å². The number of carbonyl (C=O) groups excluding carboxylic acids is 1. The summed E-state index contributed by atoms with van der Waals surface area (Å²) in [4.78, 5) is 17.2. The number of anilines is 1. The van der Waals surface area contributed by atoms with E-state index in [0.717, 1.165) is 25.1 Å². The predicted molar refractivity (Wildman–Crippen MR) is 111 cm³/mol. The number of para-hydroxylation sites is 1. The number of carbonyl (C=O) groups is 1. The van der Waals surface area contributed by atoms with Gasteiger partial charge in [0, 0.05) is 44.4 Å². The first kappa shape index (κ1) is 18.9. The second kappa shape index (κ2) is 8.31. The molecule has 28 heavy (non-hydrogen) atoms. The van der Waals surface area contributed by atoms with Crippen molar-refractivity contribution in [3.05, 3.63) is 52.5 Å². The Morgan fingerprint density at radius 2 is 1.86 bits per heavy atom. The lowest BCUT2D eigenvalue weighted by Gasteiger charge is -2.25. The molecule has 0 spiro atoms. The molecule has 6 heteroatoms. The first-order valence-electron chi connectivity index (χ1n) is 9.81. The maximum absolute atomic E-state index is 13.1. The highest BCUT2D eigenvalue weighted by Gasteiger charge is 2.22. The van der Waals surface area contributed by atoms with Gasteiger partial charge in [-0.3, -0.25) is 4.79 Å². The lowest BCUT2D eigenvalue weighted by atomic mass is 10.1. The minimum Gasteiger partial charge on any atom is -0.489 e. The quantitative estimate of drug-likeness (QED) is 0.764. The second-order valence-corrected chi connectivity index (χ2v) is 7.73. The molecule has 0 radical (unpaired) electrons. The number of ether oxygens (including phenoxy) is 2. The summed E-state index contributed by atoms with van der Waals surface area (Å²) in [6, 6.07) is 11.7. The zero-order valence-corrected chi connectivity index (χ0v) is 16.9. The minimum absolute atomic E-state index is 0.0891. The lowest BCUT2D eigenvalue weighted by Crippen LogP contribution is -2.28. The second-order valence-electron chi connectivity index (χ2n) is 7.32. The summed E-state index contributed by atoms with van der Waals surface area (Å²) in [7, 11) is 1.82. The van der Waals surface area contributed by atoms with E-state index in [-0.39, 0.29) is 5.91 Å². The van der Waals surface area contributed by atoms with Gasteiger partial charge in [0.1, 0.15) is 0 Å². The zero-order valence-electron chi connectivity index (χ0n) is 16.1. The van der Waals surface area contributed by atoms with Gasteiger partial charge in [0.25, 0.3) is 5.91 Å². The van der Waals surface area contributed by atoms with Crippen LogP contribution in [0.5, 0.6) is 11.5 Å². The summed E-state index contributed by atoms with van der Waals surface area (Å²) in [6.45, 7) is 3.81. The fraction of sp³-hybridized carbons (Fsp3) is 0.409. The minimum atomic E-state index is -0.0891. The molecule has 0 saturated carbocycles. The number of hydrogen-bond donors (Lipinski definition) is 0. The standard InChI is InChI=1S/C22H25ClN2O3/c1-24(15-16-7-2-3-8-19(16)25-9-4-5-10-25)22(26)17-13-18(23)21-20(14-17)27-11-6-12-28-21/h2-3,7-8,13-14H,4-6,9-12,15H2,1H3. The lowest BCUT2D eigenvalue weighted by molar-refractivity contribution is 0.0785. The molecule has 1 fully saturated rings. The number of fused-ring (bicyclic) bond motifs is 1. The normalized spacial score (nSPS) is 16.0. The first-order valence-corrected chi connectivity index (χ1v) is 10.2. The van der Waals surface area contributed by atoms with Gasteiger partial charge in [-0.2, -0.15) is 0 Å². The molecule has 2 heterocycles. The van der Waals surface area contributed by atoms with Crippen molar-refractivity contribution in [1.82, 2.24) is 4.90 Å². The molecule has 2 aromatic rings. The van der Waals surface area contributed by atoms with Crippen LogP contribution in [0.4, 0.5) is 5.69 Å². The summed E-state index contributed by atoms with van der Waals surface area (Å²) in [5.74, 6) is 0.978. The molecule has 2 aliphatic heterocycles. The summed E-state index contributed by atoms with van der Waals surface area (Å²) in [6.07, 6.45) is 3.24. The van der Waals surface area contributed by atoms with E-state index in [1.165, 1.54) is 18.5 Å². The molecule has 4 rings (SSSR count). The molecule has 1 saturated heterocycles. The zero-order chi connectivity index (χ0) is 19.5. The molecular formula is C22H25ClN2O3. The first-order chi connectivity index (χ1) is 13.6. The number of nitrogens with zero attached hydrogens (tertiary/aromatic N) is 2. The molecule has 0 bridgehead atoms. The Kier molecular flexibility index (Phi) is 5.62. The highest BCUT2D eigenvalue weighted by Crippen LogP contribution is 2.38. The van der Waals surface area contributed by atoms with Crippen molar-refractivity contribution in [3.8, 4) is 11.5 Å². The highest BCUT2D eigenvalue weighted by molar-refractivity contribution is 6.32. The van der Waals surface area contributed by atoms with E-state index in [9.17, 15) is 4.79 Å². The number of hydrogen-bond acceptors (Lipinski definition) is 4. The van der Waals surface area contributed by atoms with Gasteiger partial charge in [-0.25, -0.2) is 0 Å². The van der Waals surface area contributed by atoms with Crippen LogP contribution in [0.3, 0.4) is 0 Å². The van der Waals surface area contributed by atoms with Crippen LogP contribution >= 0.6 is 11.6 Å². The van der Waals surface area contributed by atoms with Crippen LogP contribution in [0.15, 0.2) is 36.4 Å². The summed E-state index contributed by atoms with van der Waals surface area (Å²) in [5, 5.41) is 0.411. The van der Waals surface area contributed by atoms with Crippen molar-refractivity contribution in [2.45, 2.75) is 25.8 Å². The Morgan fingerprint density at radius 1 is 1.11 bits per heavy atom. The van der Waals surface area contributed by atoms with Crippen LogP contribution in [0.25, 0.3) is 0 Å². The van der Waals surface area contributed by atoms with E-state index < -0.39 is 0 Å². The molecule has 0 atom stereocenters. The van der Waals surface area contributed by atoms with E-state index in [1.807, 2.05) is 13.1 Å². The predicted octanol–water partition coefficient (Wildman–Crippen LogP) is 4.37. The van der Waals surface area contributed by atoms with Crippen molar-refractivity contribution < 1.29 is 14.3 Å². The van der Waals surface area contributed by atoms with Crippen molar-refractivity contribution in [1.29, 1.82) is 0 Å². The molecule has 0 unspecified atom stereocenters. The van der Waals surface area contributed by atoms with Crippen molar-refractivity contribution in [3.63, 3.8) is 0 Å². The molecule has 0 aliphatic carbocycles. The molecule has 1 amide bonds. The van der Waals surface area contributed by atoms with Crippen molar-refractivity contribution in [2.75, 3.05) is 38.3 Å². The van der Waals surface area contributed by atoms with Gasteiger partial charge in [0.2, 0.25) is 0 Å². The molecule has 2 aromatic carbocycles. The van der Waals surface area contributed by atoms with Gasteiger partial charge in [-0.1, -0.05) is 29.8 Å². The fourth-order valence-corrected chi connectivity index (χ4v) is 4.08. The van der Waals surface area contributed by atoms with E-state index in [2.05, 4.69) is 23.1 Å². The number of rotatable bonds is 4. The third-order valence-electron chi connectivity index (χ3n) is 5.24. The van der Waals surface area contributed by atoms with Gasteiger partial charge in [0.05, 0.1) is 18.2 Å². The molecular weight excluding hydrogens is 376 g/mol. The van der Waals surface area contributed by atoms with Gasteiger partial charge >= 0.3 is 0 Å². The van der Waals surface area contributed by atoms with E-state index in [1.54, 1.807) is 17.0 Å². The van der Waals surface area contributed by atoms with Gasteiger partial charge in [0.15, 0.2) is 11.5 Å². The number of benzene rings is 2. The van der Waals surface area contributed by atoms with Crippen LogP contribution < -0.4 is 14.4 Å². The maximum atomic E-state index is 13.1. The highest BCUT2D eigenvalue weighted by atomic mass is 35.5. The molecule has 0 aromatic heterocycles.